The summed E-state index contributed by atoms with van der Waals surface area (Å²) in [5.41, 5.74) is 6.70. The molecule has 3 aromatic carbocycles. The molecular formula is C23H20F3IN2O. The van der Waals surface area contributed by atoms with Gasteiger partial charge in [-0.2, -0.15) is 0 Å². The van der Waals surface area contributed by atoms with Gasteiger partial charge in [0.2, 0.25) is 0 Å². The lowest BCUT2D eigenvalue weighted by Gasteiger charge is -2.30. The van der Waals surface area contributed by atoms with Gasteiger partial charge in [0.05, 0.1) is 11.4 Å². The molecule has 0 saturated heterocycles. The summed E-state index contributed by atoms with van der Waals surface area (Å²) in [5, 5.41) is 0. The fraction of sp³-hybridized carbons (Fsp3) is 0.217. The first-order valence-electron chi connectivity index (χ1n) is 9.40. The molecule has 1 unspecified atom stereocenters. The normalized spacial score (nSPS) is 16.0. The predicted octanol–water partition coefficient (Wildman–Crippen LogP) is 7.52. The van der Waals surface area contributed by atoms with E-state index >= 15 is 0 Å². The number of halogens is 4. The summed E-state index contributed by atoms with van der Waals surface area (Å²) in [5.74, 6) is -0.231. The minimum Gasteiger partial charge on any atom is -0.406 e. The second-order valence-corrected chi connectivity index (χ2v) is 8.50. The molecule has 1 atom stereocenters. The Morgan fingerprint density at radius 1 is 0.800 bits per heavy atom. The van der Waals surface area contributed by atoms with Crippen molar-refractivity contribution in [3.63, 3.8) is 0 Å². The van der Waals surface area contributed by atoms with E-state index in [0.717, 1.165) is 33.8 Å². The Morgan fingerprint density at radius 2 is 1.47 bits per heavy atom. The highest BCUT2D eigenvalue weighted by atomic mass is 127. The number of nitrogens with zero attached hydrogens (tertiary/aromatic N) is 2. The molecule has 0 amide bonds. The maximum Gasteiger partial charge on any atom is 0.573 e. The van der Waals surface area contributed by atoms with E-state index in [1.807, 2.05) is 62.1 Å². The number of benzene rings is 3. The number of hydrogen-bond donors (Lipinski definition) is 0. The SMILES string of the molecule is Cc1cc(C)cc(N2c3cc(OC(F)(F)F)ccc3N(c3ccccc3C)C2I)c1. The lowest BCUT2D eigenvalue weighted by Crippen LogP contribution is -2.33. The third-order valence-electron chi connectivity index (χ3n) is 4.99. The molecule has 0 N–H and O–H groups in total. The first-order valence-corrected chi connectivity index (χ1v) is 10.6. The number of para-hydroxylation sites is 1. The number of fused-ring (bicyclic) bond motifs is 1. The summed E-state index contributed by atoms with van der Waals surface area (Å²) in [6.45, 7) is 6.05. The average Bonchev–Trinajstić information content (AvgIpc) is 2.91. The molecule has 4 rings (SSSR count). The molecule has 30 heavy (non-hydrogen) atoms. The van der Waals surface area contributed by atoms with E-state index in [4.69, 9.17) is 0 Å². The van der Waals surface area contributed by atoms with Crippen molar-refractivity contribution in [2.24, 2.45) is 0 Å². The average molecular weight is 524 g/mol. The van der Waals surface area contributed by atoms with Crippen LogP contribution in [0, 0.1) is 20.8 Å². The van der Waals surface area contributed by atoms with E-state index in [0.29, 0.717) is 5.69 Å². The van der Waals surface area contributed by atoms with E-state index in [2.05, 4.69) is 38.3 Å². The van der Waals surface area contributed by atoms with E-state index in [-0.39, 0.29) is 9.92 Å². The quantitative estimate of drug-likeness (QED) is 0.200. The van der Waals surface area contributed by atoms with Crippen LogP contribution in [0.2, 0.25) is 0 Å². The third kappa shape index (κ3) is 3.95. The van der Waals surface area contributed by atoms with Crippen molar-refractivity contribution in [3.8, 4) is 5.75 Å². The summed E-state index contributed by atoms with van der Waals surface area (Å²) in [7, 11) is 0. The summed E-state index contributed by atoms with van der Waals surface area (Å²) in [6.07, 6.45) is -4.74. The second-order valence-electron chi connectivity index (χ2n) is 7.38. The van der Waals surface area contributed by atoms with Gasteiger partial charge in [0.15, 0.2) is 4.17 Å². The summed E-state index contributed by atoms with van der Waals surface area (Å²) in [4.78, 5) is 4.19. The number of alkyl halides is 4. The minimum atomic E-state index is -4.74. The van der Waals surface area contributed by atoms with Crippen LogP contribution >= 0.6 is 22.6 Å². The molecular weight excluding hydrogens is 504 g/mol. The molecule has 0 aliphatic carbocycles. The van der Waals surface area contributed by atoms with Crippen molar-refractivity contribution in [3.05, 3.63) is 77.4 Å². The maximum absolute atomic E-state index is 12.8. The molecule has 0 bridgehead atoms. The standard InChI is InChI=1S/C23H20F3IN2O/c1-14-10-15(2)12-17(11-14)28-21-13-18(30-23(24,25)26)8-9-20(21)29(22(28)27)19-7-5-4-6-16(19)3/h4-13,22H,1-3H3. The van der Waals surface area contributed by atoms with Crippen molar-refractivity contribution in [2.75, 3.05) is 9.80 Å². The Bertz CT molecular complexity index is 1080. The Kier molecular flexibility index (Phi) is 5.34. The van der Waals surface area contributed by atoms with Crippen LogP contribution in [0.1, 0.15) is 16.7 Å². The number of anilines is 4. The van der Waals surface area contributed by atoms with Crippen LogP contribution in [-0.4, -0.2) is 10.5 Å². The molecule has 1 aliphatic heterocycles. The van der Waals surface area contributed by atoms with Gasteiger partial charge in [-0.15, -0.1) is 13.2 Å². The van der Waals surface area contributed by atoms with Gasteiger partial charge in [-0.05, 0) is 90.4 Å². The van der Waals surface area contributed by atoms with Crippen LogP contribution in [-0.2, 0) is 0 Å². The van der Waals surface area contributed by atoms with Gasteiger partial charge in [0.25, 0.3) is 0 Å². The third-order valence-corrected chi connectivity index (χ3v) is 6.10. The Balaban J connectivity index is 1.90. The van der Waals surface area contributed by atoms with E-state index < -0.39 is 6.36 Å². The van der Waals surface area contributed by atoms with Crippen molar-refractivity contribution in [2.45, 2.75) is 31.3 Å². The second kappa shape index (κ2) is 7.68. The van der Waals surface area contributed by atoms with E-state index in [1.165, 1.54) is 12.1 Å². The number of hydrogen-bond acceptors (Lipinski definition) is 3. The van der Waals surface area contributed by atoms with Gasteiger partial charge >= 0.3 is 6.36 Å². The van der Waals surface area contributed by atoms with Crippen molar-refractivity contribution in [1.82, 2.24) is 0 Å². The first-order chi connectivity index (χ1) is 14.1. The fourth-order valence-corrected chi connectivity index (χ4v) is 5.09. The van der Waals surface area contributed by atoms with Crippen LogP contribution in [0.25, 0.3) is 0 Å². The monoisotopic (exact) mass is 524 g/mol. The first kappa shape index (κ1) is 20.8. The van der Waals surface area contributed by atoms with Gasteiger partial charge < -0.3 is 14.5 Å². The molecule has 0 fully saturated rings. The summed E-state index contributed by atoms with van der Waals surface area (Å²) in [6, 6.07) is 18.7. The Labute approximate surface area is 187 Å². The van der Waals surface area contributed by atoms with Gasteiger partial charge in [0, 0.05) is 17.4 Å². The van der Waals surface area contributed by atoms with E-state index in [1.54, 1.807) is 6.07 Å². The maximum atomic E-state index is 12.8. The zero-order valence-corrected chi connectivity index (χ0v) is 18.8. The highest BCUT2D eigenvalue weighted by Crippen LogP contribution is 2.51. The zero-order chi connectivity index (χ0) is 21.6. The topological polar surface area (TPSA) is 15.7 Å². The van der Waals surface area contributed by atoms with Gasteiger partial charge in [0.1, 0.15) is 5.75 Å². The highest BCUT2D eigenvalue weighted by Gasteiger charge is 2.38. The molecule has 3 aromatic rings. The molecule has 0 aromatic heterocycles. The molecule has 0 radical (unpaired) electrons. The smallest absolute Gasteiger partial charge is 0.406 e. The van der Waals surface area contributed by atoms with Crippen molar-refractivity contribution in [1.29, 1.82) is 0 Å². The molecule has 1 heterocycles. The Morgan fingerprint density at radius 3 is 2.10 bits per heavy atom. The van der Waals surface area contributed by atoms with Crippen LogP contribution in [0.3, 0.4) is 0 Å². The summed E-state index contributed by atoms with van der Waals surface area (Å²) >= 11 is 2.33. The molecule has 156 valence electrons. The molecule has 1 aliphatic rings. The number of rotatable bonds is 3. The number of aryl methyl sites for hydroxylation is 3. The largest absolute Gasteiger partial charge is 0.573 e. The number of ether oxygens (including phenoxy) is 1. The van der Waals surface area contributed by atoms with E-state index in [9.17, 15) is 13.2 Å². The predicted molar refractivity (Wildman–Crippen MR) is 122 cm³/mol. The molecule has 7 heteroatoms. The van der Waals surface area contributed by atoms with Crippen molar-refractivity contribution >= 4 is 45.3 Å². The lowest BCUT2D eigenvalue weighted by atomic mass is 10.1. The van der Waals surface area contributed by atoms with Gasteiger partial charge in [-0.1, -0.05) is 24.3 Å². The fourth-order valence-electron chi connectivity index (χ4n) is 3.87. The van der Waals surface area contributed by atoms with Crippen molar-refractivity contribution < 1.29 is 17.9 Å². The summed E-state index contributed by atoms with van der Waals surface area (Å²) < 4.78 is 42.6. The molecule has 0 saturated carbocycles. The van der Waals surface area contributed by atoms with Gasteiger partial charge in [-0.3, -0.25) is 0 Å². The minimum absolute atomic E-state index is 0.166. The van der Waals surface area contributed by atoms with Crippen LogP contribution in [0.15, 0.2) is 60.7 Å². The van der Waals surface area contributed by atoms with Gasteiger partial charge in [-0.25, -0.2) is 0 Å². The van der Waals surface area contributed by atoms with Crippen LogP contribution in [0.5, 0.6) is 5.75 Å². The Hall–Kier alpha value is -2.42. The lowest BCUT2D eigenvalue weighted by molar-refractivity contribution is -0.274. The zero-order valence-electron chi connectivity index (χ0n) is 16.7. The van der Waals surface area contributed by atoms with Crippen LogP contribution < -0.4 is 14.5 Å². The highest BCUT2D eigenvalue weighted by molar-refractivity contribution is 14.1. The molecule has 0 spiro atoms. The molecule has 3 nitrogen and oxygen atoms in total. The van der Waals surface area contributed by atoms with Crippen LogP contribution in [0.4, 0.5) is 35.9 Å².